The van der Waals surface area contributed by atoms with Crippen LogP contribution in [0.15, 0.2) is 18.2 Å². The molecule has 4 rings (SSSR count). The molecule has 5 amide bonds. The molecule has 0 aromatic heterocycles. The topological polar surface area (TPSA) is 108 Å². The van der Waals surface area contributed by atoms with Crippen LogP contribution in [0.4, 0.5) is 15.3 Å². The molecule has 11 heteroatoms. The Bertz CT molecular complexity index is 1040. The Kier molecular flexibility index (Phi) is 8.28. The van der Waals surface area contributed by atoms with Crippen LogP contribution in [0.3, 0.4) is 0 Å². The number of carbonyl (C=O) groups is 4. The second-order valence-corrected chi connectivity index (χ2v) is 11.1. The Morgan fingerprint density at radius 2 is 1.54 bits per heavy atom. The van der Waals surface area contributed by atoms with E-state index >= 15 is 0 Å². The number of imide groups is 1. The maximum atomic E-state index is 13.2. The molecule has 10 nitrogen and oxygen atoms in total. The number of piperidine rings is 2. The summed E-state index contributed by atoms with van der Waals surface area (Å²) in [6.45, 7) is 8.15. The van der Waals surface area contributed by atoms with Gasteiger partial charge in [-0.2, -0.15) is 0 Å². The summed E-state index contributed by atoms with van der Waals surface area (Å²) >= 11 is 6.31. The smallest absolute Gasteiger partial charge is 0.410 e. The van der Waals surface area contributed by atoms with Crippen LogP contribution in [0.5, 0.6) is 0 Å². The first-order chi connectivity index (χ1) is 17.5. The summed E-state index contributed by atoms with van der Waals surface area (Å²) in [5.74, 6) is -0.459. The van der Waals surface area contributed by atoms with Gasteiger partial charge < -0.3 is 19.3 Å². The van der Waals surface area contributed by atoms with E-state index in [0.29, 0.717) is 42.5 Å². The summed E-state index contributed by atoms with van der Waals surface area (Å²) in [5, 5.41) is 2.62. The van der Waals surface area contributed by atoms with Crippen molar-refractivity contribution in [3.05, 3.63) is 28.8 Å². The Hall–Kier alpha value is -2.85. The summed E-state index contributed by atoms with van der Waals surface area (Å²) in [6, 6.07) is 4.33. The van der Waals surface area contributed by atoms with Crippen LogP contribution >= 0.6 is 11.6 Å². The number of halogens is 1. The van der Waals surface area contributed by atoms with Crippen LogP contribution in [-0.2, 0) is 14.3 Å². The summed E-state index contributed by atoms with van der Waals surface area (Å²) in [5.41, 5.74) is 0.345. The molecular weight excluding hydrogens is 500 g/mol. The number of hydrogen-bond donors (Lipinski definition) is 1. The SMILES string of the molecule is CC(C)(C)OC(=O)N1CCC(OC2CCN(C(=O)c3ccc(Cl)c(N4CCC(=O)NC4=O)c3)CC2)CC1. The van der Waals surface area contributed by atoms with E-state index in [4.69, 9.17) is 21.1 Å². The fraction of sp³-hybridized carbons (Fsp3) is 0.615. The Morgan fingerprint density at radius 3 is 2.11 bits per heavy atom. The molecule has 0 bridgehead atoms. The van der Waals surface area contributed by atoms with Crippen molar-refractivity contribution in [2.45, 2.75) is 70.7 Å². The number of ether oxygens (including phenoxy) is 2. The van der Waals surface area contributed by atoms with Crippen molar-refractivity contribution in [3.8, 4) is 0 Å². The lowest BCUT2D eigenvalue weighted by atomic mass is 10.0. The number of nitrogens with zero attached hydrogens (tertiary/aromatic N) is 3. The second-order valence-electron chi connectivity index (χ2n) is 10.7. The van der Waals surface area contributed by atoms with Gasteiger partial charge in [-0.15, -0.1) is 0 Å². The van der Waals surface area contributed by atoms with Gasteiger partial charge in [0.15, 0.2) is 0 Å². The molecule has 0 saturated carbocycles. The van der Waals surface area contributed by atoms with Gasteiger partial charge in [-0.25, -0.2) is 9.59 Å². The standard InChI is InChI=1S/C26H35ClN4O6/c1-26(2,3)37-25(35)30-13-8-19(9-14-30)36-18-6-11-29(12-7-18)23(33)17-4-5-20(27)21(16-17)31-15-10-22(32)28-24(31)34/h4-5,16,18-19H,6-15H2,1-3H3,(H,28,32,34). The molecular formula is C26H35ClN4O6. The third-order valence-corrected chi connectivity index (χ3v) is 7.07. The lowest BCUT2D eigenvalue weighted by Crippen LogP contribution is -2.49. The average Bonchev–Trinajstić information content (AvgIpc) is 2.84. The van der Waals surface area contributed by atoms with Crippen LogP contribution < -0.4 is 10.2 Å². The van der Waals surface area contributed by atoms with Crippen LogP contribution in [0.25, 0.3) is 0 Å². The van der Waals surface area contributed by atoms with E-state index in [2.05, 4.69) is 5.32 Å². The molecule has 1 N–H and O–H groups in total. The summed E-state index contributed by atoms with van der Waals surface area (Å²) in [7, 11) is 0. The summed E-state index contributed by atoms with van der Waals surface area (Å²) < 4.78 is 11.8. The molecule has 0 unspecified atom stereocenters. The minimum absolute atomic E-state index is 0.0671. The number of amides is 5. The lowest BCUT2D eigenvalue weighted by Gasteiger charge is -2.37. The monoisotopic (exact) mass is 534 g/mol. The van der Waals surface area contributed by atoms with Gasteiger partial charge in [-0.05, 0) is 64.7 Å². The average molecular weight is 535 g/mol. The van der Waals surface area contributed by atoms with Gasteiger partial charge in [0.2, 0.25) is 5.91 Å². The molecule has 3 aliphatic rings. The highest BCUT2D eigenvalue weighted by atomic mass is 35.5. The molecule has 37 heavy (non-hydrogen) atoms. The normalized spacial score (nSPS) is 20.2. The van der Waals surface area contributed by atoms with Gasteiger partial charge in [-0.3, -0.25) is 19.8 Å². The zero-order valence-electron chi connectivity index (χ0n) is 21.6. The van der Waals surface area contributed by atoms with Crippen LogP contribution in [0, 0.1) is 0 Å². The van der Waals surface area contributed by atoms with Crippen molar-refractivity contribution in [2.24, 2.45) is 0 Å². The zero-order chi connectivity index (χ0) is 26.7. The van der Waals surface area contributed by atoms with E-state index in [9.17, 15) is 19.2 Å². The van der Waals surface area contributed by atoms with Crippen molar-refractivity contribution >= 4 is 41.2 Å². The lowest BCUT2D eigenvalue weighted by molar-refractivity contribution is -0.120. The molecule has 202 valence electrons. The fourth-order valence-corrected chi connectivity index (χ4v) is 5.02. The molecule has 1 aromatic rings. The van der Waals surface area contributed by atoms with Crippen LogP contribution in [0.2, 0.25) is 5.02 Å². The maximum absolute atomic E-state index is 13.2. The first kappa shape index (κ1) is 27.2. The molecule has 0 radical (unpaired) electrons. The molecule has 3 heterocycles. The molecule has 0 spiro atoms. The zero-order valence-corrected chi connectivity index (χ0v) is 22.4. The summed E-state index contributed by atoms with van der Waals surface area (Å²) in [4.78, 5) is 54.1. The maximum Gasteiger partial charge on any atom is 0.410 e. The van der Waals surface area contributed by atoms with Crippen molar-refractivity contribution in [1.82, 2.24) is 15.1 Å². The fourth-order valence-electron chi connectivity index (χ4n) is 4.80. The number of likely N-dealkylation sites (tertiary alicyclic amines) is 2. The van der Waals surface area contributed by atoms with Gasteiger partial charge in [-0.1, -0.05) is 11.6 Å². The van der Waals surface area contributed by atoms with Gasteiger partial charge in [0, 0.05) is 44.7 Å². The van der Waals surface area contributed by atoms with Crippen molar-refractivity contribution in [2.75, 3.05) is 37.6 Å². The predicted molar refractivity (Wildman–Crippen MR) is 138 cm³/mol. The first-order valence-electron chi connectivity index (χ1n) is 12.8. The van der Waals surface area contributed by atoms with Gasteiger partial charge >= 0.3 is 12.1 Å². The quantitative estimate of drug-likeness (QED) is 0.629. The molecule has 3 fully saturated rings. The van der Waals surface area contributed by atoms with E-state index < -0.39 is 11.6 Å². The first-order valence-corrected chi connectivity index (χ1v) is 13.2. The van der Waals surface area contributed by atoms with Gasteiger partial charge in [0.1, 0.15) is 5.60 Å². The second kappa shape index (κ2) is 11.3. The Labute approximate surface area is 222 Å². The highest BCUT2D eigenvalue weighted by Crippen LogP contribution is 2.30. The predicted octanol–water partition coefficient (Wildman–Crippen LogP) is 3.81. The number of benzene rings is 1. The van der Waals surface area contributed by atoms with Crippen molar-refractivity contribution in [1.29, 1.82) is 0 Å². The van der Waals surface area contributed by atoms with E-state index in [1.165, 1.54) is 4.90 Å². The highest BCUT2D eigenvalue weighted by molar-refractivity contribution is 6.34. The molecule has 0 aliphatic carbocycles. The molecule has 3 saturated heterocycles. The minimum atomic E-state index is -0.544. The van der Waals surface area contributed by atoms with Gasteiger partial charge in [0.25, 0.3) is 5.91 Å². The number of hydrogen-bond acceptors (Lipinski definition) is 6. The largest absolute Gasteiger partial charge is 0.444 e. The number of carbonyl (C=O) groups excluding carboxylic acids is 4. The van der Waals surface area contributed by atoms with Crippen LogP contribution in [0.1, 0.15) is 63.2 Å². The third kappa shape index (κ3) is 6.93. The minimum Gasteiger partial charge on any atom is -0.444 e. The Morgan fingerprint density at radius 1 is 0.946 bits per heavy atom. The molecule has 0 atom stereocenters. The Balaban J connectivity index is 1.26. The summed E-state index contributed by atoms with van der Waals surface area (Å²) in [6.07, 6.45) is 3.05. The number of anilines is 1. The van der Waals surface area contributed by atoms with E-state index in [0.717, 1.165) is 25.7 Å². The number of urea groups is 1. The van der Waals surface area contributed by atoms with E-state index in [1.807, 2.05) is 20.8 Å². The van der Waals surface area contributed by atoms with Crippen molar-refractivity contribution in [3.63, 3.8) is 0 Å². The number of rotatable bonds is 4. The molecule has 1 aromatic carbocycles. The molecule has 3 aliphatic heterocycles. The van der Waals surface area contributed by atoms with E-state index in [-0.39, 0.29) is 43.1 Å². The van der Waals surface area contributed by atoms with E-state index in [1.54, 1.807) is 28.0 Å². The number of nitrogens with one attached hydrogen (secondary N) is 1. The third-order valence-electron chi connectivity index (χ3n) is 6.75. The highest BCUT2D eigenvalue weighted by Gasteiger charge is 2.31. The van der Waals surface area contributed by atoms with Crippen LogP contribution in [-0.4, -0.2) is 84.3 Å². The van der Waals surface area contributed by atoms with Gasteiger partial charge in [0.05, 0.1) is 22.9 Å². The van der Waals surface area contributed by atoms with Crippen molar-refractivity contribution < 1.29 is 28.7 Å².